The third-order valence-electron chi connectivity index (χ3n) is 8.39. The van der Waals surface area contributed by atoms with Gasteiger partial charge >= 0.3 is 0 Å². The highest BCUT2D eigenvalue weighted by Crippen LogP contribution is 2.48. The van der Waals surface area contributed by atoms with Crippen LogP contribution in [0.5, 0.6) is 0 Å². The minimum absolute atomic E-state index is 0.0266. The van der Waals surface area contributed by atoms with Gasteiger partial charge in [-0.25, -0.2) is 4.39 Å². The van der Waals surface area contributed by atoms with Crippen LogP contribution in [0.1, 0.15) is 38.3 Å². The Labute approximate surface area is 255 Å². The van der Waals surface area contributed by atoms with Gasteiger partial charge in [-0.15, -0.1) is 0 Å². The summed E-state index contributed by atoms with van der Waals surface area (Å²) < 4.78 is 13.4. The van der Waals surface area contributed by atoms with Crippen LogP contribution in [-0.4, -0.2) is 49.3 Å². The molecule has 0 aromatic heterocycles. The molecule has 218 valence electrons. The minimum Gasteiger partial charge on any atom is -0.368 e. The molecule has 3 aromatic rings. The van der Waals surface area contributed by atoms with Crippen LogP contribution in [0.15, 0.2) is 78.0 Å². The highest BCUT2D eigenvalue weighted by atomic mass is 35.5. The Morgan fingerprint density at radius 2 is 1.67 bits per heavy atom. The Morgan fingerprint density at radius 1 is 0.952 bits per heavy atom. The fourth-order valence-electron chi connectivity index (χ4n) is 6.37. The number of carbonyl (C=O) groups is 2. The molecule has 1 amide bonds. The molecule has 0 radical (unpaired) electrons. The summed E-state index contributed by atoms with van der Waals surface area (Å²) in [7, 11) is 0. The Balaban J connectivity index is 1.35. The number of amides is 1. The molecule has 6 rings (SSSR count). The topological polar surface area (TPSA) is 55.9 Å². The number of Topliss-reactive ketones (excluding diaryl/α,β-unsaturated/α-hetero) is 1. The van der Waals surface area contributed by atoms with Gasteiger partial charge in [-0.2, -0.15) is 0 Å². The lowest BCUT2D eigenvalue weighted by atomic mass is 9.73. The highest BCUT2D eigenvalue weighted by Gasteiger charge is 2.42. The van der Waals surface area contributed by atoms with Gasteiger partial charge in [0.2, 0.25) is 5.91 Å². The van der Waals surface area contributed by atoms with Crippen molar-refractivity contribution in [2.75, 3.05) is 47.8 Å². The zero-order chi connectivity index (χ0) is 29.6. The van der Waals surface area contributed by atoms with Gasteiger partial charge in [0.05, 0.1) is 34.0 Å². The first-order valence-electron chi connectivity index (χ1n) is 14.2. The van der Waals surface area contributed by atoms with E-state index in [-0.39, 0.29) is 29.5 Å². The van der Waals surface area contributed by atoms with Crippen LogP contribution in [-0.2, 0) is 9.59 Å². The van der Waals surface area contributed by atoms with E-state index in [9.17, 15) is 14.0 Å². The van der Waals surface area contributed by atoms with Gasteiger partial charge in [0.25, 0.3) is 0 Å². The number of carbonyl (C=O) groups excluding carboxylic acids is 2. The van der Waals surface area contributed by atoms with Crippen LogP contribution in [0.25, 0.3) is 0 Å². The molecule has 2 heterocycles. The fraction of sp³-hybridized carbons (Fsp3) is 0.333. The number of hydrogen-bond acceptors (Lipinski definition) is 5. The summed E-state index contributed by atoms with van der Waals surface area (Å²) >= 11 is 12.8. The number of para-hydroxylation sites is 2. The molecule has 0 spiro atoms. The number of nitrogens with zero attached hydrogens (tertiary/aromatic N) is 3. The van der Waals surface area contributed by atoms with Crippen molar-refractivity contribution in [3.8, 4) is 0 Å². The van der Waals surface area contributed by atoms with Crippen LogP contribution in [0.2, 0.25) is 10.0 Å². The van der Waals surface area contributed by atoms with Crippen molar-refractivity contribution in [2.45, 2.75) is 32.7 Å². The van der Waals surface area contributed by atoms with Crippen LogP contribution in [0, 0.1) is 11.2 Å². The van der Waals surface area contributed by atoms with Crippen LogP contribution in [0.3, 0.4) is 0 Å². The molecule has 42 heavy (non-hydrogen) atoms. The summed E-state index contributed by atoms with van der Waals surface area (Å²) in [5.41, 5.74) is 4.78. The number of ketones is 1. The normalized spacial score (nSPS) is 20.1. The number of allylic oxidation sites excluding steroid dienone is 1. The average Bonchev–Trinajstić information content (AvgIpc) is 3.09. The van der Waals surface area contributed by atoms with E-state index < -0.39 is 6.04 Å². The van der Waals surface area contributed by atoms with E-state index in [0.717, 1.165) is 28.3 Å². The van der Waals surface area contributed by atoms with Gasteiger partial charge in [-0.3, -0.25) is 9.59 Å². The van der Waals surface area contributed by atoms with E-state index in [0.29, 0.717) is 54.6 Å². The van der Waals surface area contributed by atoms with Gasteiger partial charge < -0.3 is 20.0 Å². The molecule has 1 N–H and O–H groups in total. The summed E-state index contributed by atoms with van der Waals surface area (Å²) in [6, 6.07) is 19.2. The number of piperazine rings is 1. The molecule has 0 bridgehead atoms. The maximum absolute atomic E-state index is 14.0. The number of halogens is 3. The summed E-state index contributed by atoms with van der Waals surface area (Å²) in [6.45, 7) is 6.67. The molecule has 1 fully saturated rings. The lowest BCUT2D eigenvalue weighted by molar-refractivity contribution is -0.130. The van der Waals surface area contributed by atoms with Crippen molar-refractivity contribution in [3.05, 3.63) is 99.4 Å². The lowest BCUT2D eigenvalue weighted by Crippen LogP contribution is -2.52. The zero-order valence-corrected chi connectivity index (χ0v) is 25.2. The largest absolute Gasteiger partial charge is 0.368 e. The van der Waals surface area contributed by atoms with Gasteiger partial charge in [0, 0.05) is 49.6 Å². The monoisotopic (exact) mass is 606 g/mol. The summed E-state index contributed by atoms with van der Waals surface area (Å²) in [5.74, 6) is -0.237. The Kier molecular flexibility index (Phi) is 7.66. The zero-order valence-electron chi connectivity index (χ0n) is 23.7. The van der Waals surface area contributed by atoms with E-state index in [1.54, 1.807) is 24.3 Å². The van der Waals surface area contributed by atoms with Crippen molar-refractivity contribution >= 4 is 52.0 Å². The summed E-state index contributed by atoms with van der Waals surface area (Å²) in [5, 5.41) is 4.41. The molecular formula is C33H33Cl2FN4O2. The van der Waals surface area contributed by atoms with Gasteiger partial charge in [0.15, 0.2) is 5.78 Å². The third-order valence-corrected chi connectivity index (χ3v) is 9.13. The number of benzene rings is 3. The van der Waals surface area contributed by atoms with Crippen molar-refractivity contribution in [2.24, 2.45) is 5.41 Å². The maximum Gasteiger partial charge on any atom is 0.242 e. The van der Waals surface area contributed by atoms with E-state index >= 15 is 0 Å². The van der Waals surface area contributed by atoms with Crippen molar-refractivity contribution in [3.63, 3.8) is 0 Å². The Bertz CT molecular complexity index is 1560. The van der Waals surface area contributed by atoms with Crippen molar-refractivity contribution < 1.29 is 14.0 Å². The smallest absolute Gasteiger partial charge is 0.242 e. The fourth-order valence-corrected chi connectivity index (χ4v) is 6.67. The molecule has 1 atom stereocenters. The van der Waals surface area contributed by atoms with Gasteiger partial charge in [-0.1, -0.05) is 55.2 Å². The van der Waals surface area contributed by atoms with Crippen molar-refractivity contribution in [1.82, 2.24) is 4.90 Å². The predicted octanol–water partition coefficient (Wildman–Crippen LogP) is 7.10. The molecule has 3 aliphatic rings. The molecule has 9 heteroatoms. The second-order valence-electron chi connectivity index (χ2n) is 12.0. The number of hydrogen-bond donors (Lipinski definition) is 1. The quantitative estimate of drug-likeness (QED) is 0.343. The first-order valence-corrected chi connectivity index (χ1v) is 15.0. The summed E-state index contributed by atoms with van der Waals surface area (Å²) in [6.07, 6.45) is 1.11. The molecule has 2 aliphatic heterocycles. The Hall–Kier alpha value is -3.55. The number of anilines is 3. The predicted molar refractivity (Wildman–Crippen MR) is 167 cm³/mol. The van der Waals surface area contributed by atoms with Gasteiger partial charge in [-0.05, 0) is 65.9 Å². The lowest BCUT2D eigenvalue weighted by Gasteiger charge is -2.40. The minimum atomic E-state index is -0.529. The number of nitrogens with one attached hydrogen (secondary N) is 1. The van der Waals surface area contributed by atoms with Crippen LogP contribution < -0.4 is 15.1 Å². The average molecular weight is 608 g/mol. The summed E-state index contributed by atoms with van der Waals surface area (Å²) in [4.78, 5) is 33.9. The first kappa shape index (κ1) is 28.6. The Morgan fingerprint density at radius 3 is 2.38 bits per heavy atom. The van der Waals surface area contributed by atoms with E-state index in [4.69, 9.17) is 23.2 Å². The second kappa shape index (κ2) is 11.3. The molecule has 1 unspecified atom stereocenters. The first-order chi connectivity index (χ1) is 20.1. The molecular weight excluding hydrogens is 574 g/mol. The second-order valence-corrected chi connectivity index (χ2v) is 12.8. The molecule has 1 aliphatic carbocycles. The highest BCUT2D eigenvalue weighted by molar-refractivity contribution is 6.42. The maximum atomic E-state index is 14.0. The van der Waals surface area contributed by atoms with Crippen LogP contribution in [0.4, 0.5) is 21.5 Å². The molecule has 3 aromatic carbocycles. The van der Waals surface area contributed by atoms with Crippen molar-refractivity contribution in [1.29, 1.82) is 0 Å². The molecule has 1 saturated heterocycles. The van der Waals surface area contributed by atoms with E-state index in [1.165, 1.54) is 12.1 Å². The number of rotatable bonds is 4. The third kappa shape index (κ3) is 5.60. The molecule has 0 saturated carbocycles. The van der Waals surface area contributed by atoms with E-state index in [2.05, 4.69) is 24.1 Å². The van der Waals surface area contributed by atoms with Crippen LogP contribution >= 0.6 is 23.2 Å². The SMILES string of the molecule is CC1(C)CC(=O)C2=C(C1)Nc1ccccc1N(CC(=O)N1CCN(c3ccc(F)cc3)CC1)C2c1ccc(Cl)c(Cl)c1. The number of fused-ring (bicyclic) bond motifs is 1. The molecule has 6 nitrogen and oxygen atoms in total. The van der Waals surface area contributed by atoms with E-state index in [1.807, 2.05) is 40.1 Å². The van der Waals surface area contributed by atoms with Gasteiger partial charge in [0.1, 0.15) is 5.82 Å². The standard InChI is InChI=1S/C33H33Cl2FN4O2/c1-33(2)18-27-31(29(41)19-33)32(21-7-12-24(34)25(35)17-21)40(28-6-4-3-5-26(28)37-27)20-30(42)39-15-13-38(14-16-39)23-10-8-22(36)9-11-23/h3-12,17,32,37H,13-16,18-20H2,1-2H3.